The Morgan fingerprint density at radius 3 is 2.87 bits per heavy atom. The molecule has 1 atom stereocenters. The molecule has 0 aliphatic heterocycles. The quantitative estimate of drug-likeness (QED) is 0.897. The van der Waals surface area contributed by atoms with E-state index in [2.05, 4.69) is 19.2 Å². The molecule has 2 aromatic rings. The number of anilines is 1. The zero-order chi connectivity index (χ0) is 10.8. The number of hydrogen-bond donors (Lipinski definition) is 1. The molecular weight excluding hydrogens is 234 g/mol. The van der Waals surface area contributed by atoms with Crippen molar-refractivity contribution in [1.82, 2.24) is 18.5 Å². The second-order valence-corrected chi connectivity index (χ2v) is 4.10. The van der Waals surface area contributed by atoms with E-state index in [4.69, 9.17) is 11.6 Å². The highest BCUT2D eigenvalue weighted by molar-refractivity contribution is 6.99. The van der Waals surface area contributed by atoms with Gasteiger partial charge in [-0.3, -0.25) is 4.68 Å². The molecule has 0 radical (unpaired) electrons. The van der Waals surface area contributed by atoms with Gasteiger partial charge in [0.2, 0.25) is 0 Å². The van der Waals surface area contributed by atoms with Gasteiger partial charge < -0.3 is 5.32 Å². The molecule has 0 aliphatic rings. The van der Waals surface area contributed by atoms with Gasteiger partial charge in [-0.15, -0.1) is 0 Å². The monoisotopic (exact) mass is 243 g/mol. The number of hydrogen-bond acceptors (Lipinski definition) is 5. The van der Waals surface area contributed by atoms with Crippen molar-refractivity contribution in [3.05, 3.63) is 23.1 Å². The molecule has 1 unspecified atom stereocenters. The van der Waals surface area contributed by atoms with Gasteiger partial charge in [0.25, 0.3) is 0 Å². The summed E-state index contributed by atoms with van der Waals surface area (Å²) in [4.78, 5) is 0. The molecule has 0 bridgehead atoms. The summed E-state index contributed by atoms with van der Waals surface area (Å²) in [6, 6.07) is 0.111. The summed E-state index contributed by atoms with van der Waals surface area (Å²) >= 11 is 6.92. The van der Waals surface area contributed by atoms with Crippen LogP contribution in [0.2, 0.25) is 5.15 Å². The van der Waals surface area contributed by atoms with Crippen LogP contribution in [0.3, 0.4) is 0 Å². The van der Waals surface area contributed by atoms with Gasteiger partial charge in [0, 0.05) is 18.8 Å². The molecule has 1 N–H and O–H groups in total. The highest BCUT2D eigenvalue weighted by Crippen LogP contribution is 2.23. The molecule has 0 amide bonds. The summed E-state index contributed by atoms with van der Waals surface area (Å²) in [5.74, 6) is 0.623. The Morgan fingerprint density at radius 1 is 1.53 bits per heavy atom. The van der Waals surface area contributed by atoms with Gasteiger partial charge in [0.1, 0.15) is 0 Å². The second kappa shape index (κ2) is 4.16. The van der Waals surface area contributed by atoms with Crippen LogP contribution in [-0.4, -0.2) is 18.5 Å². The molecule has 2 heterocycles. The molecule has 0 aromatic carbocycles. The Hall–Kier alpha value is -1.14. The van der Waals surface area contributed by atoms with Crippen LogP contribution >= 0.6 is 23.3 Å². The zero-order valence-corrected chi connectivity index (χ0v) is 9.88. The minimum Gasteiger partial charge on any atom is -0.360 e. The molecule has 2 aromatic heterocycles. The Bertz CT molecular complexity index is 451. The van der Waals surface area contributed by atoms with Crippen LogP contribution in [0.5, 0.6) is 0 Å². The van der Waals surface area contributed by atoms with Gasteiger partial charge in [-0.2, -0.15) is 13.8 Å². The van der Waals surface area contributed by atoms with Crippen LogP contribution in [0.1, 0.15) is 18.5 Å². The van der Waals surface area contributed by atoms with Crippen LogP contribution in [0.25, 0.3) is 0 Å². The van der Waals surface area contributed by atoms with Crippen molar-refractivity contribution < 1.29 is 0 Å². The van der Waals surface area contributed by atoms with Crippen molar-refractivity contribution >= 4 is 29.1 Å². The van der Waals surface area contributed by atoms with E-state index < -0.39 is 0 Å². The Balaban J connectivity index is 2.10. The molecule has 7 heteroatoms. The fourth-order valence-electron chi connectivity index (χ4n) is 1.22. The van der Waals surface area contributed by atoms with Gasteiger partial charge in [0.15, 0.2) is 11.0 Å². The number of nitrogens with zero attached hydrogens (tertiary/aromatic N) is 4. The summed E-state index contributed by atoms with van der Waals surface area (Å²) in [5, 5.41) is 7.68. The maximum atomic E-state index is 5.83. The SMILES string of the molecule is CC(Nc1nsnc1Cl)c1cnn(C)c1. The van der Waals surface area contributed by atoms with Gasteiger partial charge in [-0.05, 0) is 6.92 Å². The summed E-state index contributed by atoms with van der Waals surface area (Å²) in [6.07, 6.45) is 3.76. The lowest BCUT2D eigenvalue weighted by atomic mass is 10.2. The van der Waals surface area contributed by atoms with E-state index in [9.17, 15) is 0 Å². The largest absolute Gasteiger partial charge is 0.360 e. The molecule has 0 aliphatic carbocycles. The first-order chi connectivity index (χ1) is 7.16. The van der Waals surface area contributed by atoms with E-state index in [1.165, 1.54) is 0 Å². The minimum atomic E-state index is 0.111. The molecule has 2 rings (SSSR count). The molecular formula is C8H10ClN5S. The third kappa shape index (κ3) is 2.27. The predicted molar refractivity (Wildman–Crippen MR) is 60.2 cm³/mol. The van der Waals surface area contributed by atoms with Crippen molar-refractivity contribution in [2.45, 2.75) is 13.0 Å². The van der Waals surface area contributed by atoms with Crippen molar-refractivity contribution in [3.8, 4) is 0 Å². The number of halogens is 1. The molecule has 15 heavy (non-hydrogen) atoms. The van der Waals surface area contributed by atoms with Crippen molar-refractivity contribution in [2.24, 2.45) is 7.05 Å². The molecule has 0 saturated carbocycles. The highest BCUT2D eigenvalue weighted by atomic mass is 35.5. The van der Waals surface area contributed by atoms with Crippen LogP contribution in [0, 0.1) is 0 Å². The van der Waals surface area contributed by atoms with Crippen LogP contribution < -0.4 is 5.32 Å². The van der Waals surface area contributed by atoms with E-state index in [1.54, 1.807) is 4.68 Å². The lowest BCUT2D eigenvalue weighted by Crippen LogP contribution is -2.06. The van der Waals surface area contributed by atoms with Crippen LogP contribution in [-0.2, 0) is 7.05 Å². The van der Waals surface area contributed by atoms with Crippen LogP contribution in [0.4, 0.5) is 5.82 Å². The van der Waals surface area contributed by atoms with Gasteiger partial charge in [-0.1, -0.05) is 11.6 Å². The van der Waals surface area contributed by atoms with Crippen LogP contribution in [0.15, 0.2) is 12.4 Å². The molecule has 0 saturated heterocycles. The van der Waals surface area contributed by atoms with Gasteiger partial charge in [-0.25, -0.2) is 0 Å². The number of nitrogens with one attached hydrogen (secondary N) is 1. The third-order valence-electron chi connectivity index (χ3n) is 2.03. The fraction of sp³-hybridized carbons (Fsp3) is 0.375. The summed E-state index contributed by atoms with van der Waals surface area (Å²) in [5.41, 5.74) is 1.08. The number of aryl methyl sites for hydroxylation is 1. The fourth-order valence-corrected chi connectivity index (χ4v) is 1.88. The van der Waals surface area contributed by atoms with E-state index in [1.807, 2.05) is 26.4 Å². The van der Waals surface area contributed by atoms with E-state index in [-0.39, 0.29) is 6.04 Å². The molecule has 0 spiro atoms. The standard InChI is InChI=1S/C8H10ClN5S/c1-5(6-3-10-14(2)4-6)11-8-7(9)12-15-13-8/h3-5H,1-2H3,(H,11,13). The van der Waals surface area contributed by atoms with Crippen molar-refractivity contribution in [1.29, 1.82) is 0 Å². The van der Waals surface area contributed by atoms with E-state index >= 15 is 0 Å². The zero-order valence-electron chi connectivity index (χ0n) is 8.31. The first-order valence-corrected chi connectivity index (χ1v) is 5.51. The average molecular weight is 244 g/mol. The first kappa shape index (κ1) is 10.4. The lowest BCUT2D eigenvalue weighted by Gasteiger charge is -2.10. The van der Waals surface area contributed by atoms with E-state index in [0.29, 0.717) is 11.0 Å². The third-order valence-corrected chi connectivity index (χ3v) is 2.92. The number of rotatable bonds is 3. The molecule has 0 fully saturated rings. The molecule has 80 valence electrons. The minimum absolute atomic E-state index is 0.111. The van der Waals surface area contributed by atoms with E-state index in [0.717, 1.165) is 17.3 Å². The van der Waals surface area contributed by atoms with Gasteiger partial charge >= 0.3 is 0 Å². The normalized spacial score (nSPS) is 12.7. The molecule has 5 nitrogen and oxygen atoms in total. The smallest absolute Gasteiger partial charge is 0.186 e. The maximum absolute atomic E-state index is 5.83. The van der Waals surface area contributed by atoms with Crippen molar-refractivity contribution in [3.63, 3.8) is 0 Å². The summed E-state index contributed by atoms with van der Waals surface area (Å²) in [6.45, 7) is 2.02. The Kier molecular flexibility index (Phi) is 2.88. The Labute approximate surface area is 96.4 Å². The highest BCUT2D eigenvalue weighted by Gasteiger charge is 2.11. The second-order valence-electron chi connectivity index (χ2n) is 3.22. The number of aromatic nitrogens is 4. The summed E-state index contributed by atoms with van der Waals surface area (Å²) < 4.78 is 9.69. The summed E-state index contributed by atoms with van der Waals surface area (Å²) in [7, 11) is 1.88. The average Bonchev–Trinajstić information content (AvgIpc) is 2.77. The Morgan fingerprint density at radius 2 is 2.33 bits per heavy atom. The predicted octanol–water partition coefficient (Wildman–Crippen LogP) is 2.10. The first-order valence-electron chi connectivity index (χ1n) is 4.40. The maximum Gasteiger partial charge on any atom is 0.186 e. The topological polar surface area (TPSA) is 55.6 Å². The lowest BCUT2D eigenvalue weighted by molar-refractivity contribution is 0.765. The van der Waals surface area contributed by atoms with Crippen molar-refractivity contribution in [2.75, 3.05) is 5.32 Å². The van der Waals surface area contributed by atoms with Gasteiger partial charge in [0.05, 0.1) is 24.0 Å².